The van der Waals surface area contributed by atoms with Crippen LogP contribution in [0.3, 0.4) is 0 Å². The van der Waals surface area contributed by atoms with Gasteiger partial charge < -0.3 is 5.32 Å². The highest BCUT2D eigenvalue weighted by Crippen LogP contribution is 2.25. The Balaban J connectivity index is 1.51. The van der Waals surface area contributed by atoms with Gasteiger partial charge in [0, 0.05) is 22.6 Å². The van der Waals surface area contributed by atoms with Crippen LogP contribution in [0.4, 0.5) is 17.3 Å². The number of nitrogens with zero attached hydrogens (tertiary/aromatic N) is 3. The van der Waals surface area contributed by atoms with Crippen LogP contribution in [-0.2, 0) is 24.8 Å². The smallest absolute Gasteiger partial charge is 0.264 e. The highest BCUT2D eigenvalue weighted by molar-refractivity contribution is 7.93. The Morgan fingerprint density at radius 1 is 0.868 bits per heavy atom. The van der Waals surface area contributed by atoms with E-state index in [1.165, 1.54) is 54.7 Å². The lowest BCUT2D eigenvalue weighted by Gasteiger charge is -2.24. The number of para-hydroxylation sites is 1. The Morgan fingerprint density at radius 2 is 1.50 bits per heavy atom. The van der Waals surface area contributed by atoms with Gasteiger partial charge in [-0.2, -0.15) is 0 Å². The number of amides is 1. The van der Waals surface area contributed by atoms with E-state index in [1.54, 1.807) is 43.3 Å². The quantitative estimate of drug-likeness (QED) is 0.309. The monoisotopic (exact) mass is 571 g/mol. The Morgan fingerprint density at radius 3 is 2.13 bits per heavy atom. The van der Waals surface area contributed by atoms with E-state index >= 15 is 0 Å². The van der Waals surface area contributed by atoms with Gasteiger partial charge in [-0.1, -0.05) is 29.8 Å². The summed E-state index contributed by atoms with van der Waals surface area (Å²) in [5.74, 6) is -0.696. The minimum absolute atomic E-state index is 0.0294. The van der Waals surface area contributed by atoms with Crippen LogP contribution in [-0.4, -0.2) is 39.3 Å². The minimum Gasteiger partial charge on any atom is -0.325 e. The van der Waals surface area contributed by atoms with Crippen molar-refractivity contribution < 1.29 is 21.6 Å². The van der Waals surface area contributed by atoms with E-state index in [1.807, 2.05) is 0 Å². The molecule has 1 amide bonds. The Hall–Kier alpha value is -4.00. The van der Waals surface area contributed by atoms with E-state index < -0.39 is 32.5 Å². The minimum atomic E-state index is -4.10. The summed E-state index contributed by atoms with van der Waals surface area (Å²) in [5.41, 5.74) is 1.17. The van der Waals surface area contributed by atoms with Crippen molar-refractivity contribution in [3.63, 3.8) is 0 Å². The summed E-state index contributed by atoms with van der Waals surface area (Å²) in [6.07, 6.45) is 1.44. The molecule has 196 valence electrons. The maximum absolute atomic E-state index is 13.4. The number of anilines is 3. The number of rotatable bonds is 9. The molecule has 38 heavy (non-hydrogen) atoms. The van der Waals surface area contributed by atoms with E-state index in [9.17, 15) is 21.6 Å². The van der Waals surface area contributed by atoms with Gasteiger partial charge in [0.15, 0.2) is 0 Å². The van der Waals surface area contributed by atoms with E-state index in [0.29, 0.717) is 16.4 Å². The molecule has 13 heteroatoms. The fraction of sp³-hybridized carbons (Fsp3) is 0.0800. The van der Waals surface area contributed by atoms with Gasteiger partial charge in [-0.25, -0.2) is 31.5 Å². The maximum Gasteiger partial charge on any atom is 0.264 e. The summed E-state index contributed by atoms with van der Waals surface area (Å²) in [4.78, 5) is 20.7. The number of carbonyl (C=O) groups excluding carboxylic acids is 1. The van der Waals surface area contributed by atoms with Gasteiger partial charge in [0.2, 0.25) is 11.9 Å². The van der Waals surface area contributed by atoms with Crippen LogP contribution in [0.25, 0.3) is 0 Å². The first kappa shape index (κ1) is 27.0. The summed E-state index contributed by atoms with van der Waals surface area (Å²) in [6.45, 7) is 1.18. The number of nitrogens with one attached hydrogen (secondary N) is 2. The zero-order chi connectivity index (χ0) is 27.3. The zero-order valence-electron chi connectivity index (χ0n) is 19.9. The lowest BCUT2D eigenvalue weighted by Crippen LogP contribution is -2.38. The molecule has 10 nitrogen and oxygen atoms in total. The number of halogens is 1. The Kier molecular flexibility index (Phi) is 7.95. The van der Waals surface area contributed by atoms with Crippen LogP contribution in [0.15, 0.2) is 101 Å². The molecule has 0 saturated heterocycles. The van der Waals surface area contributed by atoms with Crippen LogP contribution >= 0.6 is 11.6 Å². The second-order valence-electron chi connectivity index (χ2n) is 8.00. The number of benzene rings is 3. The lowest BCUT2D eigenvalue weighted by molar-refractivity contribution is -0.114. The molecule has 0 unspecified atom stereocenters. The van der Waals surface area contributed by atoms with Gasteiger partial charge in [0.05, 0.1) is 15.5 Å². The Bertz CT molecular complexity index is 1650. The highest BCUT2D eigenvalue weighted by atomic mass is 35.5. The fourth-order valence-electron chi connectivity index (χ4n) is 3.37. The summed E-state index contributed by atoms with van der Waals surface area (Å²) < 4.78 is 55.3. The van der Waals surface area contributed by atoms with Crippen LogP contribution < -0.4 is 14.3 Å². The van der Waals surface area contributed by atoms with Gasteiger partial charge in [-0.3, -0.25) is 9.10 Å². The summed E-state index contributed by atoms with van der Waals surface area (Å²) in [7, 11) is -8.07. The Labute approximate surface area is 225 Å². The summed E-state index contributed by atoms with van der Waals surface area (Å²) in [5, 5.41) is 2.98. The third-order valence-corrected chi connectivity index (χ3v) is 8.59. The van der Waals surface area contributed by atoms with E-state index in [2.05, 4.69) is 20.0 Å². The predicted octanol–water partition coefficient (Wildman–Crippen LogP) is 4.07. The van der Waals surface area contributed by atoms with Crippen LogP contribution in [0, 0.1) is 6.92 Å². The average Bonchev–Trinajstić information content (AvgIpc) is 2.88. The first-order valence-corrected chi connectivity index (χ1v) is 14.4. The van der Waals surface area contributed by atoms with Crippen molar-refractivity contribution in [1.82, 2.24) is 9.97 Å². The second-order valence-corrected chi connectivity index (χ2v) is 12.0. The zero-order valence-corrected chi connectivity index (χ0v) is 22.3. The van der Waals surface area contributed by atoms with Crippen molar-refractivity contribution in [1.29, 1.82) is 0 Å². The number of hydrogen-bond donors (Lipinski definition) is 2. The van der Waals surface area contributed by atoms with Crippen molar-refractivity contribution in [2.75, 3.05) is 20.9 Å². The molecule has 0 bridgehead atoms. The largest absolute Gasteiger partial charge is 0.325 e. The van der Waals surface area contributed by atoms with Crippen molar-refractivity contribution >= 4 is 54.9 Å². The topological polar surface area (TPSA) is 138 Å². The molecule has 2 N–H and O–H groups in total. The first-order chi connectivity index (χ1) is 18.0. The molecular formula is C25H22ClN5O5S2. The molecule has 3 aromatic carbocycles. The van der Waals surface area contributed by atoms with E-state index in [-0.39, 0.29) is 21.4 Å². The summed E-state index contributed by atoms with van der Waals surface area (Å²) >= 11 is 5.90. The maximum atomic E-state index is 13.4. The third-order valence-electron chi connectivity index (χ3n) is 5.20. The molecule has 0 atom stereocenters. The number of aryl methyl sites for hydroxylation is 1. The second kappa shape index (κ2) is 11.2. The van der Waals surface area contributed by atoms with Gasteiger partial charge in [0.1, 0.15) is 6.54 Å². The fourth-order valence-corrected chi connectivity index (χ4v) is 5.87. The van der Waals surface area contributed by atoms with Gasteiger partial charge >= 0.3 is 0 Å². The molecule has 1 heterocycles. The molecule has 0 radical (unpaired) electrons. The van der Waals surface area contributed by atoms with Crippen LogP contribution in [0.1, 0.15) is 5.69 Å². The molecule has 0 spiro atoms. The molecule has 0 saturated carbocycles. The van der Waals surface area contributed by atoms with Crippen molar-refractivity contribution in [3.8, 4) is 0 Å². The van der Waals surface area contributed by atoms with Crippen molar-refractivity contribution in [2.45, 2.75) is 16.7 Å². The number of carbonyl (C=O) groups is 1. The van der Waals surface area contributed by atoms with Gasteiger partial charge in [-0.15, -0.1) is 0 Å². The normalized spacial score (nSPS) is 11.5. The molecule has 0 aliphatic rings. The van der Waals surface area contributed by atoms with E-state index in [4.69, 9.17) is 11.6 Å². The SMILES string of the molecule is Cc1ccnc(NS(=O)(=O)c2ccc(NC(=O)CN(c3ccccc3)S(=O)(=O)c3ccc(Cl)cc3)cc2)n1. The molecule has 0 fully saturated rings. The van der Waals surface area contributed by atoms with Gasteiger partial charge in [-0.05, 0) is 73.7 Å². The highest BCUT2D eigenvalue weighted by Gasteiger charge is 2.27. The molecule has 1 aromatic heterocycles. The number of hydrogen-bond acceptors (Lipinski definition) is 7. The number of aromatic nitrogens is 2. The third kappa shape index (κ3) is 6.46. The molecular weight excluding hydrogens is 550 g/mol. The average molecular weight is 572 g/mol. The molecule has 0 aliphatic heterocycles. The molecule has 4 aromatic rings. The van der Waals surface area contributed by atoms with E-state index in [0.717, 1.165) is 4.31 Å². The van der Waals surface area contributed by atoms with Gasteiger partial charge in [0.25, 0.3) is 20.0 Å². The van der Waals surface area contributed by atoms with Crippen molar-refractivity contribution in [2.24, 2.45) is 0 Å². The summed E-state index contributed by atoms with van der Waals surface area (Å²) in [6, 6.07) is 20.8. The molecule has 4 rings (SSSR count). The standard InChI is InChI=1S/C25H22ClN5O5S2/c1-18-15-16-27-25(28-18)30-37(33,34)22-13-9-20(10-14-22)29-24(32)17-31(21-5-3-2-4-6-21)38(35,36)23-11-7-19(26)8-12-23/h2-16H,17H2,1H3,(H,29,32)(H,27,28,30). The number of sulfonamides is 2. The van der Waals surface area contributed by atoms with Crippen molar-refractivity contribution in [3.05, 3.63) is 102 Å². The first-order valence-electron chi connectivity index (χ1n) is 11.1. The van der Waals surface area contributed by atoms with Crippen LogP contribution in [0.5, 0.6) is 0 Å². The van der Waals surface area contributed by atoms with Crippen LogP contribution in [0.2, 0.25) is 5.02 Å². The lowest BCUT2D eigenvalue weighted by atomic mass is 10.3. The predicted molar refractivity (Wildman–Crippen MR) is 145 cm³/mol. The molecule has 0 aliphatic carbocycles.